The number of phenols is 1. The van der Waals surface area contributed by atoms with Gasteiger partial charge in [-0.2, -0.15) is 0 Å². The molecule has 2 aromatic carbocycles. The van der Waals surface area contributed by atoms with Crippen molar-refractivity contribution in [3.05, 3.63) is 58.6 Å². The van der Waals surface area contributed by atoms with E-state index in [0.717, 1.165) is 0 Å². The molecular formula is C28H37ClN4O6. The van der Waals surface area contributed by atoms with Gasteiger partial charge in [-0.15, -0.1) is 0 Å². The van der Waals surface area contributed by atoms with Crippen molar-refractivity contribution < 1.29 is 29.0 Å². The molecule has 0 aliphatic heterocycles. The molecule has 0 saturated heterocycles. The zero-order chi connectivity index (χ0) is 29.3. The van der Waals surface area contributed by atoms with E-state index in [4.69, 9.17) is 22.1 Å². The molecule has 0 aromatic heterocycles. The lowest BCUT2D eigenvalue weighted by Crippen LogP contribution is -2.53. The van der Waals surface area contributed by atoms with E-state index < -0.39 is 47.9 Å². The predicted octanol–water partition coefficient (Wildman–Crippen LogP) is 4.43. The summed E-state index contributed by atoms with van der Waals surface area (Å²) in [6.07, 6.45) is -0.199. The number of aromatic hydroxyl groups is 1. The maximum absolute atomic E-state index is 14.0. The largest absolute Gasteiger partial charge is 0.508 e. The first kappa shape index (κ1) is 31.4. The van der Waals surface area contributed by atoms with Crippen LogP contribution in [0.15, 0.2) is 42.5 Å². The zero-order valence-corrected chi connectivity index (χ0v) is 23.7. The SMILES string of the molecule is CCCCN(C(=O)C(CC(N)=O)NC(=O)OC(C)(C)C)C(C(=O)Nc1c(C)cccc1Cl)c1ccc(O)cc1. The first-order valence-electron chi connectivity index (χ1n) is 12.7. The second-order valence-corrected chi connectivity index (χ2v) is 10.6. The lowest BCUT2D eigenvalue weighted by Gasteiger charge is -2.34. The number of benzene rings is 2. The van der Waals surface area contributed by atoms with Crippen molar-refractivity contribution in [2.75, 3.05) is 11.9 Å². The number of nitrogens with two attached hydrogens (primary N) is 1. The van der Waals surface area contributed by atoms with E-state index >= 15 is 0 Å². The number of halogens is 1. The molecule has 0 saturated carbocycles. The van der Waals surface area contributed by atoms with Crippen LogP contribution in [0.1, 0.15) is 64.1 Å². The van der Waals surface area contributed by atoms with Crippen LogP contribution >= 0.6 is 11.6 Å². The molecule has 2 atom stereocenters. The highest BCUT2D eigenvalue weighted by Gasteiger charge is 2.37. The van der Waals surface area contributed by atoms with Crippen molar-refractivity contribution in [1.82, 2.24) is 10.2 Å². The van der Waals surface area contributed by atoms with Crippen molar-refractivity contribution in [3.63, 3.8) is 0 Å². The third kappa shape index (κ3) is 9.47. The molecule has 4 amide bonds. The van der Waals surface area contributed by atoms with Gasteiger partial charge in [-0.3, -0.25) is 14.4 Å². The number of phenolic OH excluding ortho intramolecular Hbond substituents is 1. The zero-order valence-electron chi connectivity index (χ0n) is 22.9. The fraction of sp³-hybridized carbons (Fsp3) is 0.429. The van der Waals surface area contributed by atoms with Gasteiger partial charge < -0.3 is 31.1 Å². The Kier molecular flexibility index (Phi) is 11.2. The van der Waals surface area contributed by atoms with Gasteiger partial charge in [0.05, 0.1) is 17.1 Å². The Morgan fingerprint density at radius 3 is 2.28 bits per heavy atom. The van der Waals surface area contributed by atoms with E-state index in [2.05, 4.69) is 10.6 Å². The molecular weight excluding hydrogens is 524 g/mol. The summed E-state index contributed by atoms with van der Waals surface area (Å²) in [4.78, 5) is 53.5. The first-order valence-corrected chi connectivity index (χ1v) is 13.0. The highest BCUT2D eigenvalue weighted by molar-refractivity contribution is 6.34. The van der Waals surface area contributed by atoms with E-state index in [9.17, 15) is 24.3 Å². The number of nitrogens with zero attached hydrogens (tertiary/aromatic N) is 1. The number of primary amides is 1. The van der Waals surface area contributed by atoms with Crippen LogP contribution in [-0.2, 0) is 19.1 Å². The quantitative estimate of drug-likeness (QED) is 0.319. The van der Waals surface area contributed by atoms with Crippen molar-refractivity contribution in [2.45, 2.75) is 71.6 Å². The summed E-state index contributed by atoms with van der Waals surface area (Å²) in [6.45, 7) is 8.81. The minimum atomic E-state index is -1.39. The molecule has 2 rings (SSSR count). The number of anilines is 1. The maximum atomic E-state index is 14.0. The van der Waals surface area contributed by atoms with E-state index in [0.29, 0.717) is 34.7 Å². The van der Waals surface area contributed by atoms with Gasteiger partial charge in [-0.1, -0.05) is 49.2 Å². The molecule has 0 aliphatic carbocycles. The molecule has 11 heteroatoms. The average Bonchev–Trinajstić information content (AvgIpc) is 2.82. The Balaban J connectivity index is 2.56. The molecule has 0 spiro atoms. The standard InChI is InChI=1S/C28H37ClN4O6/c1-6-7-15-33(26(37)21(16-22(30)35)31-27(38)39-28(3,4)5)24(18-11-13-19(34)14-12-18)25(36)32-23-17(2)9-8-10-20(23)29/h8-14,21,24,34H,6-7,15-16H2,1-5H3,(H2,30,35)(H,31,38)(H,32,36). The molecule has 2 aromatic rings. The van der Waals surface area contributed by atoms with Gasteiger partial charge in [0.25, 0.3) is 5.91 Å². The molecule has 0 fully saturated rings. The molecule has 39 heavy (non-hydrogen) atoms. The number of ether oxygens (including phenoxy) is 1. The molecule has 0 aliphatic rings. The third-order valence-corrected chi connectivity index (χ3v) is 5.98. The van der Waals surface area contributed by atoms with Crippen LogP contribution in [0.5, 0.6) is 5.75 Å². The van der Waals surface area contributed by atoms with Crippen LogP contribution in [0, 0.1) is 6.92 Å². The summed E-state index contributed by atoms with van der Waals surface area (Å²) in [7, 11) is 0. The number of carbonyl (C=O) groups is 4. The molecule has 0 radical (unpaired) electrons. The molecule has 0 bridgehead atoms. The highest BCUT2D eigenvalue weighted by atomic mass is 35.5. The predicted molar refractivity (Wildman–Crippen MR) is 149 cm³/mol. The summed E-state index contributed by atoms with van der Waals surface area (Å²) in [5.74, 6) is -2.12. The Bertz CT molecular complexity index is 1160. The second-order valence-electron chi connectivity index (χ2n) is 10.2. The summed E-state index contributed by atoms with van der Waals surface area (Å²) >= 11 is 6.35. The first-order chi connectivity index (χ1) is 18.2. The minimum absolute atomic E-state index is 0.0236. The summed E-state index contributed by atoms with van der Waals surface area (Å²) in [6, 6.07) is 8.43. The van der Waals surface area contributed by atoms with Gasteiger partial charge >= 0.3 is 6.09 Å². The van der Waals surface area contributed by atoms with Gasteiger partial charge in [0.1, 0.15) is 23.4 Å². The number of hydrogen-bond acceptors (Lipinski definition) is 6. The van der Waals surface area contributed by atoms with Crippen molar-refractivity contribution in [1.29, 1.82) is 0 Å². The number of amides is 4. The number of unbranched alkanes of at least 4 members (excludes halogenated alkanes) is 1. The van der Waals surface area contributed by atoms with Gasteiger partial charge in [-0.25, -0.2) is 4.79 Å². The lowest BCUT2D eigenvalue weighted by atomic mass is 10.0. The summed E-state index contributed by atoms with van der Waals surface area (Å²) in [5, 5.41) is 15.4. The van der Waals surface area contributed by atoms with Crippen molar-refractivity contribution in [3.8, 4) is 5.75 Å². The summed E-state index contributed by atoms with van der Waals surface area (Å²) in [5.41, 5.74) is 6.05. The van der Waals surface area contributed by atoms with Crippen LogP contribution in [0.2, 0.25) is 5.02 Å². The normalized spacial score (nSPS) is 12.7. The third-order valence-electron chi connectivity index (χ3n) is 5.67. The van der Waals surface area contributed by atoms with Crippen molar-refractivity contribution >= 4 is 41.1 Å². The topological polar surface area (TPSA) is 151 Å². The molecule has 10 nitrogen and oxygen atoms in total. The Morgan fingerprint density at radius 2 is 1.74 bits per heavy atom. The molecule has 2 unspecified atom stereocenters. The smallest absolute Gasteiger partial charge is 0.408 e. The monoisotopic (exact) mass is 560 g/mol. The minimum Gasteiger partial charge on any atom is -0.508 e. The second kappa shape index (κ2) is 13.8. The van der Waals surface area contributed by atoms with Gasteiger partial charge in [-0.05, 0) is 63.4 Å². The maximum Gasteiger partial charge on any atom is 0.408 e. The molecule has 5 N–H and O–H groups in total. The van der Waals surface area contributed by atoms with E-state index in [1.165, 1.54) is 29.2 Å². The van der Waals surface area contributed by atoms with E-state index in [1.54, 1.807) is 45.9 Å². The molecule has 0 heterocycles. The fourth-order valence-corrected chi connectivity index (χ4v) is 4.13. The summed E-state index contributed by atoms with van der Waals surface area (Å²) < 4.78 is 5.28. The van der Waals surface area contributed by atoms with Crippen LogP contribution in [0.3, 0.4) is 0 Å². The number of aryl methyl sites for hydroxylation is 1. The number of hydrogen-bond donors (Lipinski definition) is 4. The van der Waals surface area contributed by atoms with Gasteiger partial charge in [0.15, 0.2) is 0 Å². The lowest BCUT2D eigenvalue weighted by molar-refractivity contribution is -0.142. The average molecular weight is 561 g/mol. The van der Waals surface area contributed by atoms with Crippen molar-refractivity contribution in [2.24, 2.45) is 5.73 Å². The Labute approximate surface area is 233 Å². The van der Waals surface area contributed by atoms with Crippen LogP contribution in [-0.4, -0.2) is 52.0 Å². The Morgan fingerprint density at radius 1 is 1.10 bits per heavy atom. The van der Waals surface area contributed by atoms with Crippen LogP contribution in [0.25, 0.3) is 0 Å². The number of para-hydroxylation sites is 1. The van der Waals surface area contributed by atoms with E-state index in [-0.39, 0.29) is 12.3 Å². The highest BCUT2D eigenvalue weighted by Crippen LogP contribution is 2.30. The molecule has 212 valence electrons. The van der Waals surface area contributed by atoms with Gasteiger partial charge in [0, 0.05) is 6.54 Å². The Hall–Kier alpha value is -3.79. The number of carbonyl (C=O) groups excluding carboxylic acids is 4. The van der Waals surface area contributed by atoms with Crippen LogP contribution < -0.4 is 16.4 Å². The fourth-order valence-electron chi connectivity index (χ4n) is 3.86. The van der Waals surface area contributed by atoms with Gasteiger partial charge in [0.2, 0.25) is 11.8 Å². The number of alkyl carbamates (subject to hydrolysis) is 1. The van der Waals surface area contributed by atoms with Crippen LogP contribution in [0.4, 0.5) is 10.5 Å². The number of nitrogens with one attached hydrogen (secondary N) is 2. The number of rotatable bonds is 11. The van der Waals surface area contributed by atoms with E-state index in [1.807, 2.05) is 6.92 Å².